The highest BCUT2D eigenvalue weighted by Crippen LogP contribution is 2.35. The van der Waals surface area contributed by atoms with Gasteiger partial charge in [-0.1, -0.05) is 71.0 Å². The van der Waals surface area contributed by atoms with E-state index in [-0.39, 0.29) is 17.9 Å². The molecule has 1 aromatic rings. The molecular formula is C29H49NO3SSi. The van der Waals surface area contributed by atoms with E-state index in [2.05, 4.69) is 58.2 Å². The van der Waals surface area contributed by atoms with Crippen molar-refractivity contribution in [3.05, 3.63) is 66.6 Å². The first-order valence-electron chi connectivity index (χ1n) is 13.2. The minimum absolute atomic E-state index is 0.00820. The van der Waals surface area contributed by atoms with Crippen LogP contribution in [0.4, 0.5) is 0 Å². The van der Waals surface area contributed by atoms with Crippen LogP contribution in [0.1, 0.15) is 60.3 Å². The van der Waals surface area contributed by atoms with Crippen molar-refractivity contribution in [2.75, 3.05) is 7.05 Å². The van der Waals surface area contributed by atoms with Crippen molar-refractivity contribution in [1.29, 1.82) is 0 Å². The molecule has 0 aromatic heterocycles. The first kappa shape index (κ1) is 31.6. The molecule has 0 saturated carbocycles. The molecule has 6 heteroatoms. The molecule has 1 unspecified atom stereocenters. The van der Waals surface area contributed by atoms with Crippen LogP contribution >= 0.6 is 0 Å². The highest BCUT2D eigenvalue weighted by Gasteiger charge is 2.36. The summed E-state index contributed by atoms with van der Waals surface area (Å²) >= 11 is 0. The van der Waals surface area contributed by atoms with Gasteiger partial charge >= 0.3 is 0 Å². The molecule has 0 bridgehead atoms. The van der Waals surface area contributed by atoms with E-state index in [0.29, 0.717) is 22.6 Å². The molecule has 0 heterocycles. The van der Waals surface area contributed by atoms with Crippen molar-refractivity contribution in [3.63, 3.8) is 0 Å². The molecule has 0 aliphatic heterocycles. The summed E-state index contributed by atoms with van der Waals surface area (Å²) < 4.78 is 25.9. The molecule has 35 heavy (non-hydrogen) atoms. The highest BCUT2D eigenvalue weighted by molar-refractivity contribution is 7.97. The van der Waals surface area contributed by atoms with Gasteiger partial charge in [0.1, 0.15) is 9.73 Å². The fourth-order valence-electron chi connectivity index (χ4n) is 4.61. The van der Waals surface area contributed by atoms with Gasteiger partial charge in [0.05, 0.1) is 22.0 Å². The van der Waals surface area contributed by atoms with Crippen molar-refractivity contribution < 1.29 is 13.7 Å². The van der Waals surface area contributed by atoms with E-state index >= 15 is 0 Å². The van der Waals surface area contributed by atoms with Crippen LogP contribution in [-0.2, 0) is 14.2 Å². The number of hydrogen-bond acceptors (Lipinski definition) is 4. The van der Waals surface area contributed by atoms with Gasteiger partial charge in [0, 0.05) is 13.0 Å². The first-order chi connectivity index (χ1) is 16.7. The molecule has 1 rings (SSSR count). The molecule has 0 fully saturated rings. The molecule has 1 N–H and O–H groups in total. The summed E-state index contributed by atoms with van der Waals surface area (Å²) in [6, 6.07) is 12.5. The molecule has 0 radical (unpaired) electrons. The zero-order valence-corrected chi connectivity index (χ0v) is 24.7. The summed E-state index contributed by atoms with van der Waals surface area (Å²) in [6.45, 7) is 18.8. The Labute approximate surface area is 216 Å². The first-order valence-corrected chi connectivity index (χ1v) is 17.2. The zero-order chi connectivity index (χ0) is 26.5. The largest absolute Gasteiger partial charge is 0.413 e. The molecule has 198 valence electrons. The average molecular weight is 520 g/mol. The summed E-state index contributed by atoms with van der Waals surface area (Å²) in [6.07, 6.45) is 7.66. The molecule has 4 nitrogen and oxygen atoms in total. The predicted octanol–water partition coefficient (Wildman–Crippen LogP) is 7.98. The second-order valence-corrected chi connectivity index (χ2v) is 16.6. The van der Waals surface area contributed by atoms with Crippen LogP contribution in [-0.4, -0.2) is 36.9 Å². The second-order valence-electron chi connectivity index (χ2n) is 9.56. The van der Waals surface area contributed by atoms with E-state index in [0.717, 1.165) is 31.0 Å². The van der Waals surface area contributed by atoms with Gasteiger partial charge < -0.3 is 9.53 Å². The summed E-state index contributed by atoms with van der Waals surface area (Å²) in [5.74, 6) is 0.228. The standard InChI is InChI=1S/C29H49NO3SSi/c1-9-14-21-27(31)29(34(32,30-8)25-19-17-16-18-20-25)23-26(24(6)7)28(22-15-10-2)33-35(11-3,12-4)13-5/h9-10,16-20,23-24,26-28,31H,1-2,11-15,21-22H2,3-8H3/b29-23+/t26-,27+,28-,34?/m0/s1. The molecule has 0 spiro atoms. The van der Waals surface area contributed by atoms with E-state index in [4.69, 9.17) is 4.43 Å². The van der Waals surface area contributed by atoms with Crippen molar-refractivity contribution in [2.24, 2.45) is 16.2 Å². The predicted molar refractivity (Wildman–Crippen MR) is 155 cm³/mol. The van der Waals surface area contributed by atoms with Crippen LogP contribution in [0.2, 0.25) is 18.1 Å². The van der Waals surface area contributed by atoms with Crippen molar-refractivity contribution in [3.8, 4) is 0 Å². The number of allylic oxidation sites excluding steroid dienone is 2. The van der Waals surface area contributed by atoms with E-state index in [1.807, 2.05) is 36.4 Å². The lowest BCUT2D eigenvalue weighted by atomic mass is 9.87. The molecule has 0 amide bonds. The van der Waals surface area contributed by atoms with Gasteiger partial charge in [-0.2, -0.15) is 0 Å². The van der Waals surface area contributed by atoms with Gasteiger partial charge in [0.15, 0.2) is 8.32 Å². The Hall–Kier alpha value is -1.47. The molecule has 4 atom stereocenters. The zero-order valence-electron chi connectivity index (χ0n) is 22.9. The Kier molecular flexibility index (Phi) is 14.1. The minimum Gasteiger partial charge on any atom is -0.413 e. The SMILES string of the molecule is C=CCC[C@@H](O)/C(=C\[C@@H](C(C)C)[C@H](CCC=C)O[Si](CC)(CC)CC)S(=O)(=NC)c1ccccc1. The van der Waals surface area contributed by atoms with Crippen LogP contribution in [0.25, 0.3) is 0 Å². The minimum atomic E-state index is -2.98. The quantitative estimate of drug-likeness (QED) is 0.168. The van der Waals surface area contributed by atoms with E-state index in [1.165, 1.54) is 0 Å². The fourth-order valence-corrected chi connectivity index (χ4v) is 9.57. The van der Waals surface area contributed by atoms with E-state index < -0.39 is 24.2 Å². The summed E-state index contributed by atoms with van der Waals surface area (Å²) in [7, 11) is -3.29. The average Bonchev–Trinajstić information content (AvgIpc) is 2.88. The topological polar surface area (TPSA) is 58.9 Å². The Morgan fingerprint density at radius 3 is 2.06 bits per heavy atom. The summed E-state index contributed by atoms with van der Waals surface area (Å²) in [5.41, 5.74) is 0. The number of aliphatic hydroxyl groups excluding tert-OH is 1. The number of rotatable bonds is 17. The third-order valence-corrected chi connectivity index (χ3v) is 14.3. The number of benzene rings is 1. The third kappa shape index (κ3) is 8.55. The molecule has 1 aromatic carbocycles. The lowest BCUT2D eigenvalue weighted by Crippen LogP contribution is -2.43. The smallest absolute Gasteiger partial charge is 0.192 e. The Morgan fingerprint density at radius 2 is 1.60 bits per heavy atom. The third-order valence-electron chi connectivity index (χ3n) is 7.16. The molecule has 0 aliphatic carbocycles. The lowest BCUT2D eigenvalue weighted by molar-refractivity contribution is 0.110. The van der Waals surface area contributed by atoms with Gasteiger partial charge in [-0.25, -0.2) is 8.57 Å². The van der Waals surface area contributed by atoms with Gasteiger partial charge in [-0.15, -0.1) is 13.2 Å². The van der Waals surface area contributed by atoms with Gasteiger partial charge in [0.2, 0.25) is 0 Å². The number of nitrogens with zero attached hydrogens (tertiary/aromatic N) is 1. The summed E-state index contributed by atoms with van der Waals surface area (Å²) in [5, 5.41) is 11.3. The number of aliphatic hydroxyl groups is 1. The van der Waals surface area contributed by atoms with Crippen LogP contribution in [0.15, 0.2) is 75.9 Å². The second kappa shape index (κ2) is 15.6. The van der Waals surface area contributed by atoms with Gasteiger partial charge in [0.25, 0.3) is 0 Å². The maximum Gasteiger partial charge on any atom is 0.192 e. The fraction of sp³-hybridized carbons (Fsp3) is 0.586. The van der Waals surface area contributed by atoms with Crippen molar-refractivity contribution >= 4 is 18.0 Å². The number of hydrogen-bond donors (Lipinski definition) is 1. The summed E-state index contributed by atoms with van der Waals surface area (Å²) in [4.78, 5) is 1.12. The van der Waals surface area contributed by atoms with Gasteiger partial charge in [-0.05, 0) is 61.9 Å². The lowest BCUT2D eigenvalue weighted by Gasteiger charge is -2.38. The van der Waals surface area contributed by atoms with Crippen molar-refractivity contribution in [1.82, 2.24) is 0 Å². The maximum atomic E-state index is 14.4. The van der Waals surface area contributed by atoms with Crippen LogP contribution in [0.3, 0.4) is 0 Å². The molecule has 0 saturated heterocycles. The highest BCUT2D eigenvalue weighted by atomic mass is 32.2. The maximum absolute atomic E-state index is 14.4. The van der Waals surface area contributed by atoms with E-state index in [9.17, 15) is 9.32 Å². The molecule has 0 aliphatic rings. The Morgan fingerprint density at radius 1 is 1.06 bits per heavy atom. The van der Waals surface area contributed by atoms with E-state index in [1.54, 1.807) is 13.1 Å². The Balaban J connectivity index is 3.75. The van der Waals surface area contributed by atoms with Crippen LogP contribution in [0.5, 0.6) is 0 Å². The van der Waals surface area contributed by atoms with Crippen LogP contribution in [0, 0.1) is 11.8 Å². The Bertz CT molecular complexity index is 907. The normalized spacial score (nSPS) is 16.9. The molecular weight excluding hydrogens is 470 g/mol. The van der Waals surface area contributed by atoms with Crippen molar-refractivity contribution in [2.45, 2.75) is 95.5 Å². The monoisotopic (exact) mass is 519 g/mol. The van der Waals surface area contributed by atoms with Gasteiger partial charge in [-0.3, -0.25) is 0 Å². The van der Waals surface area contributed by atoms with Crippen LogP contribution < -0.4 is 0 Å².